The number of aromatic nitrogens is 1. The van der Waals surface area contributed by atoms with Gasteiger partial charge in [0.1, 0.15) is 0 Å². The van der Waals surface area contributed by atoms with Crippen molar-refractivity contribution in [2.24, 2.45) is 7.05 Å². The SMILES string of the molecule is Cn1cccc1-c1cc(C#N)ccc1C#N. The van der Waals surface area contributed by atoms with Crippen LogP contribution in [0.1, 0.15) is 11.1 Å². The van der Waals surface area contributed by atoms with Crippen LogP contribution < -0.4 is 0 Å². The highest BCUT2D eigenvalue weighted by atomic mass is 14.9. The summed E-state index contributed by atoms with van der Waals surface area (Å²) in [5.74, 6) is 0. The molecule has 76 valence electrons. The minimum Gasteiger partial charge on any atom is -0.351 e. The minimum absolute atomic E-state index is 0.565. The van der Waals surface area contributed by atoms with Crippen molar-refractivity contribution in [3.05, 3.63) is 47.7 Å². The summed E-state index contributed by atoms with van der Waals surface area (Å²) >= 11 is 0. The molecule has 3 nitrogen and oxygen atoms in total. The molecule has 0 unspecified atom stereocenters. The second kappa shape index (κ2) is 3.92. The van der Waals surface area contributed by atoms with Crippen LogP contribution >= 0.6 is 0 Å². The largest absolute Gasteiger partial charge is 0.351 e. The molecule has 0 aliphatic carbocycles. The van der Waals surface area contributed by atoms with Crippen molar-refractivity contribution in [3.63, 3.8) is 0 Å². The molecule has 0 N–H and O–H groups in total. The molecule has 0 spiro atoms. The van der Waals surface area contributed by atoms with Gasteiger partial charge in [0.15, 0.2) is 0 Å². The molecule has 0 amide bonds. The van der Waals surface area contributed by atoms with Gasteiger partial charge < -0.3 is 4.57 Å². The lowest BCUT2D eigenvalue weighted by molar-refractivity contribution is 0.936. The van der Waals surface area contributed by atoms with E-state index in [1.807, 2.05) is 29.9 Å². The van der Waals surface area contributed by atoms with E-state index >= 15 is 0 Å². The Labute approximate surface area is 93.8 Å². The summed E-state index contributed by atoms with van der Waals surface area (Å²) in [7, 11) is 1.91. The van der Waals surface area contributed by atoms with Gasteiger partial charge in [0.05, 0.1) is 23.3 Å². The van der Waals surface area contributed by atoms with Crippen LogP contribution in [-0.2, 0) is 7.05 Å². The molecule has 1 heterocycles. The van der Waals surface area contributed by atoms with E-state index in [4.69, 9.17) is 10.5 Å². The fraction of sp³-hybridized carbons (Fsp3) is 0.0769. The molecule has 0 saturated carbocycles. The third kappa shape index (κ3) is 1.55. The lowest BCUT2D eigenvalue weighted by atomic mass is 10.0. The number of aryl methyl sites for hydroxylation is 1. The van der Waals surface area contributed by atoms with Gasteiger partial charge in [-0.1, -0.05) is 0 Å². The summed E-state index contributed by atoms with van der Waals surface area (Å²) in [6.07, 6.45) is 1.91. The van der Waals surface area contributed by atoms with Gasteiger partial charge in [0, 0.05) is 24.5 Å². The van der Waals surface area contributed by atoms with Gasteiger partial charge in [0.25, 0.3) is 0 Å². The van der Waals surface area contributed by atoms with Crippen LogP contribution in [-0.4, -0.2) is 4.57 Å². The summed E-state index contributed by atoms with van der Waals surface area (Å²) in [6.45, 7) is 0. The van der Waals surface area contributed by atoms with Gasteiger partial charge in [-0.05, 0) is 30.3 Å². The molecule has 0 atom stereocenters. The third-order valence-electron chi connectivity index (χ3n) is 2.49. The van der Waals surface area contributed by atoms with Gasteiger partial charge >= 0.3 is 0 Å². The standard InChI is InChI=1S/C13H9N3/c1-16-6-2-3-13(16)12-7-10(8-14)4-5-11(12)9-15/h2-7H,1H3. The van der Waals surface area contributed by atoms with Crippen molar-refractivity contribution < 1.29 is 0 Å². The van der Waals surface area contributed by atoms with E-state index in [0.29, 0.717) is 11.1 Å². The third-order valence-corrected chi connectivity index (χ3v) is 2.49. The monoisotopic (exact) mass is 207 g/mol. The van der Waals surface area contributed by atoms with E-state index in [-0.39, 0.29) is 0 Å². The molecule has 0 radical (unpaired) electrons. The normalized spacial score (nSPS) is 9.44. The summed E-state index contributed by atoms with van der Waals surface area (Å²) in [5.41, 5.74) is 2.89. The van der Waals surface area contributed by atoms with Crippen LogP contribution in [0.5, 0.6) is 0 Å². The van der Waals surface area contributed by atoms with Gasteiger partial charge in [-0.2, -0.15) is 10.5 Å². The molecule has 0 saturated heterocycles. The van der Waals surface area contributed by atoms with Gasteiger partial charge in [0.2, 0.25) is 0 Å². The highest BCUT2D eigenvalue weighted by Gasteiger charge is 2.08. The number of hydrogen-bond acceptors (Lipinski definition) is 2. The van der Waals surface area contributed by atoms with Crippen LogP contribution in [0.4, 0.5) is 0 Å². The van der Waals surface area contributed by atoms with Gasteiger partial charge in [-0.3, -0.25) is 0 Å². The average molecular weight is 207 g/mol. The van der Waals surface area contributed by atoms with E-state index < -0.39 is 0 Å². The second-order valence-corrected chi connectivity index (χ2v) is 3.49. The highest BCUT2D eigenvalue weighted by Crippen LogP contribution is 2.24. The van der Waals surface area contributed by atoms with E-state index in [1.54, 1.807) is 18.2 Å². The second-order valence-electron chi connectivity index (χ2n) is 3.49. The lowest BCUT2D eigenvalue weighted by Crippen LogP contribution is -1.93. The summed E-state index contributed by atoms with van der Waals surface area (Å²) in [5, 5.41) is 17.9. The summed E-state index contributed by atoms with van der Waals surface area (Å²) in [6, 6.07) is 13.1. The zero-order chi connectivity index (χ0) is 11.5. The maximum absolute atomic E-state index is 9.03. The first kappa shape index (κ1) is 10.0. The van der Waals surface area contributed by atoms with Gasteiger partial charge in [-0.15, -0.1) is 0 Å². The number of benzene rings is 1. The summed E-state index contributed by atoms with van der Waals surface area (Å²) < 4.78 is 1.93. The molecular formula is C13H9N3. The molecular weight excluding hydrogens is 198 g/mol. The molecule has 0 aliphatic rings. The molecule has 1 aromatic heterocycles. The molecule has 1 aromatic carbocycles. The quantitative estimate of drug-likeness (QED) is 0.721. The van der Waals surface area contributed by atoms with Crippen molar-refractivity contribution in [2.75, 3.05) is 0 Å². The number of rotatable bonds is 1. The Balaban J connectivity index is 2.69. The van der Waals surface area contributed by atoms with Crippen molar-refractivity contribution in [3.8, 4) is 23.4 Å². The Morgan fingerprint density at radius 2 is 1.94 bits per heavy atom. The molecule has 0 fully saturated rings. The van der Waals surface area contributed by atoms with Crippen LogP contribution in [0.3, 0.4) is 0 Å². The Kier molecular flexibility index (Phi) is 2.45. The average Bonchev–Trinajstić information content (AvgIpc) is 2.74. The molecule has 16 heavy (non-hydrogen) atoms. The van der Waals surface area contributed by atoms with Crippen molar-refractivity contribution in [1.29, 1.82) is 10.5 Å². The van der Waals surface area contributed by atoms with Crippen LogP contribution in [0.15, 0.2) is 36.5 Å². The topological polar surface area (TPSA) is 52.5 Å². The van der Waals surface area contributed by atoms with Crippen LogP contribution in [0.25, 0.3) is 11.3 Å². The highest BCUT2D eigenvalue weighted by molar-refractivity contribution is 5.69. The molecule has 2 aromatic rings. The zero-order valence-electron chi connectivity index (χ0n) is 8.81. The predicted octanol–water partition coefficient (Wildman–Crippen LogP) is 2.44. The first-order chi connectivity index (χ1) is 7.76. The van der Waals surface area contributed by atoms with Crippen molar-refractivity contribution >= 4 is 0 Å². The fourth-order valence-corrected chi connectivity index (χ4v) is 1.66. The van der Waals surface area contributed by atoms with Gasteiger partial charge in [-0.25, -0.2) is 0 Å². The maximum atomic E-state index is 9.03. The number of nitrogens with zero attached hydrogens (tertiary/aromatic N) is 3. The first-order valence-corrected chi connectivity index (χ1v) is 4.82. The smallest absolute Gasteiger partial charge is 0.0998 e. The Morgan fingerprint density at radius 3 is 2.50 bits per heavy atom. The Morgan fingerprint density at radius 1 is 1.12 bits per heavy atom. The maximum Gasteiger partial charge on any atom is 0.0998 e. The van der Waals surface area contributed by atoms with E-state index in [1.165, 1.54) is 0 Å². The van der Waals surface area contributed by atoms with Crippen molar-refractivity contribution in [1.82, 2.24) is 4.57 Å². The number of hydrogen-bond donors (Lipinski definition) is 0. The van der Waals surface area contributed by atoms with E-state index in [2.05, 4.69) is 12.1 Å². The molecule has 2 rings (SSSR count). The number of nitriles is 2. The minimum atomic E-state index is 0.565. The fourth-order valence-electron chi connectivity index (χ4n) is 1.66. The van der Waals surface area contributed by atoms with E-state index in [0.717, 1.165) is 11.3 Å². The van der Waals surface area contributed by atoms with Crippen LogP contribution in [0, 0.1) is 22.7 Å². The predicted molar refractivity (Wildman–Crippen MR) is 60.3 cm³/mol. The molecule has 0 aliphatic heterocycles. The Hall–Kier alpha value is -2.52. The van der Waals surface area contributed by atoms with Crippen molar-refractivity contribution in [2.45, 2.75) is 0 Å². The summed E-state index contributed by atoms with van der Waals surface area (Å²) in [4.78, 5) is 0. The molecule has 3 heteroatoms. The Bertz CT molecular complexity index is 609. The first-order valence-electron chi connectivity index (χ1n) is 4.82. The lowest BCUT2D eigenvalue weighted by Gasteiger charge is -2.05. The van der Waals surface area contributed by atoms with E-state index in [9.17, 15) is 0 Å². The van der Waals surface area contributed by atoms with Crippen LogP contribution in [0.2, 0.25) is 0 Å². The zero-order valence-corrected chi connectivity index (χ0v) is 8.81. The molecule has 0 bridgehead atoms.